The van der Waals surface area contributed by atoms with Gasteiger partial charge in [-0.05, 0) is 0 Å². The molecule has 1 N–H and O–H groups in total. The number of halogens is 5. The van der Waals surface area contributed by atoms with Gasteiger partial charge in [0.1, 0.15) is 0 Å². The summed E-state index contributed by atoms with van der Waals surface area (Å²) < 4.78 is 60.4. The second kappa shape index (κ2) is 3.31. The Bertz CT molecular complexity index is 240. The van der Waals surface area contributed by atoms with Crippen LogP contribution in [0.25, 0.3) is 0 Å². The Balaban J connectivity index is 4.89. The van der Waals surface area contributed by atoms with Gasteiger partial charge in [-0.2, -0.15) is 22.0 Å². The lowest BCUT2D eigenvalue weighted by Gasteiger charge is -2.18. The molecule has 0 spiro atoms. The molecule has 0 aromatic heterocycles. The number of allylic oxidation sites excluding steroid dienone is 1. The van der Waals surface area contributed by atoms with E-state index in [9.17, 15) is 26.7 Å². The SMILES string of the molecule is CC(F)(F)C(F)(F)/C=C(\F)C(=O)O. The molecule has 0 atom stereocenters. The van der Waals surface area contributed by atoms with Gasteiger partial charge in [-0.1, -0.05) is 0 Å². The fourth-order valence-corrected chi connectivity index (χ4v) is 0.348. The number of alkyl halides is 4. The van der Waals surface area contributed by atoms with Gasteiger partial charge in [-0.3, -0.25) is 0 Å². The van der Waals surface area contributed by atoms with Crippen LogP contribution in [-0.2, 0) is 4.79 Å². The molecule has 0 aliphatic heterocycles. The zero-order valence-electron chi connectivity index (χ0n) is 6.32. The Morgan fingerprint density at radius 3 is 1.92 bits per heavy atom. The minimum Gasteiger partial charge on any atom is -0.476 e. The summed E-state index contributed by atoms with van der Waals surface area (Å²) in [6, 6.07) is 0. The monoisotopic (exact) mass is 204 g/mol. The van der Waals surface area contributed by atoms with Crippen LogP contribution in [0.5, 0.6) is 0 Å². The van der Waals surface area contributed by atoms with Gasteiger partial charge in [-0.25, -0.2) is 4.79 Å². The second-order valence-corrected chi connectivity index (χ2v) is 2.31. The van der Waals surface area contributed by atoms with Gasteiger partial charge in [-0.15, -0.1) is 0 Å². The molecule has 0 amide bonds. The van der Waals surface area contributed by atoms with E-state index in [1.54, 1.807) is 0 Å². The lowest BCUT2D eigenvalue weighted by molar-refractivity contribution is -0.168. The maximum atomic E-state index is 12.2. The minimum atomic E-state index is -4.81. The van der Waals surface area contributed by atoms with Crippen LogP contribution in [-0.4, -0.2) is 22.9 Å². The van der Waals surface area contributed by atoms with Gasteiger partial charge < -0.3 is 5.11 Å². The van der Waals surface area contributed by atoms with Crippen molar-refractivity contribution >= 4 is 5.97 Å². The van der Waals surface area contributed by atoms with Crippen molar-refractivity contribution in [1.29, 1.82) is 0 Å². The molecular weight excluding hydrogens is 199 g/mol. The van der Waals surface area contributed by atoms with Crippen molar-refractivity contribution in [3.05, 3.63) is 11.9 Å². The van der Waals surface area contributed by atoms with E-state index in [-0.39, 0.29) is 6.92 Å². The molecule has 7 heteroatoms. The van der Waals surface area contributed by atoms with Crippen LogP contribution in [0.4, 0.5) is 22.0 Å². The Labute approximate surface area is 69.7 Å². The van der Waals surface area contributed by atoms with Crippen LogP contribution in [0.1, 0.15) is 6.92 Å². The first-order valence-corrected chi connectivity index (χ1v) is 2.95. The molecule has 0 aromatic carbocycles. The summed E-state index contributed by atoms with van der Waals surface area (Å²) >= 11 is 0. The lowest BCUT2D eigenvalue weighted by atomic mass is 10.2. The number of hydrogen-bond donors (Lipinski definition) is 1. The van der Waals surface area contributed by atoms with Gasteiger partial charge in [0.15, 0.2) is 0 Å². The molecule has 2 nitrogen and oxygen atoms in total. The van der Waals surface area contributed by atoms with Gasteiger partial charge >= 0.3 is 17.8 Å². The molecule has 0 saturated heterocycles. The molecule has 0 bridgehead atoms. The molecule has 76 valence electrons. The molecule has 0 fully saturated rings. The van der Waals surface area contributed by atoms with Crippen LogP contribution in [0.3, 0.4) is 0 Å². The molecule has 0 aromatic rings. The average Bonchev–Trinajstić information content (AvgIpc) is 1.83. The van der Waals surface area contributed by atoms with Crippen molar-refractivity contribution in [1.82, 2.24) is 0 Å². The van der Waals surface area contributed by atoms with E-state index in [1.165, 1.54) is 0 Å². The molecule has 0 heterocycles. The Hall–Kier alpha value is -1.14. The van der Waals surface area contributed by atoms with E-state index < -0.39 is 29.7 Å². The molecule has 0 saturated carbocycles. The Kier molecular flexibility index (Phi) is 3.02. The number of carboxylic acid groups (broad SMARTS) is 1. The standard InChI is InChI=1S/C6H5F5O2/c1-5(8,9)6(10,11)2-3(7)4(12)13/h2H,1H3,(H,12,13)/b3-2-. The predicted octanol–water partition coefficient (Wildman–Crippen LogP) is 2.21. The third kappa shape index (κ3) is 3.00. The van der Waals surface area contributed by atoms with E-state index in [2.05, 4.69) is 0 Å². The van der Waals surface area contributed by atoms with Crippen LogP contribution in [0, 0.1) is 0 Å². The van der Waals surface area contributed by atoms with E-state index in [0.29, 0.717) is 0 Å². The number of rotatable bonds is 3. The summed E-state index contributed by atoms with van der Waals surface area (Å²) in [5.41, 5.74) is 0. The first-order chi connectivity index (χ1) is 5.58. The first-order valence-electron chi connectivity index (χ1n) is 2.95. The third-order valence-corrected chi connectivity index (χ3v) is 1.10. The van der Waals surface area contributed by atoms with Gasteiger partial charge in [0.2, 0.25) is 5.83 Å². The lowest BCUT2D eigenvalue weighted by Crippen LogP contribution is -2.36. The summed E-state index contributed by atoms with van der Waals surface area (Å²) in [6.07, 6.45) is -0.921. The summed E-state index contributed by atoms with van der Waals surface area (Å²) in [7, 11) is 0. The third-order valence-electron chi connectivity index (χ3n) is 1.10. The quantitative estimate of drug-likeness (QED) is 0.565. The highest BCUT2D eigenvalue weighted by molar-refractivity contribution is 5.84. The zero-order valence-corrected chi connectivity index (χ0v) is 6.32. The molecule has 0 unspecified atom stereocenters. The molecule has 0 aliphatic carbocycles. The highest BCUT2D eigenvalue weighted by atomic mass is 19.3. The van der Waals surface area contributed by atoms with Gasteiger partial charge in [0.05, 0.1) is 0 Å². The fourth-order valence-electron chi connectivity index (χ4n) is 0.348. The van der Waals surface area contributed by atoms with Crippen molar-refractivity contribution in [3.63, 3.8) is 0 Å². The zero-order chi connectivity index (χ0) is 10.9. The molecular formula is C6H5F5O2. The van der Waals surface area contributed by atoms with Crippen molar-refractivity contribution < 1.29 is 31.9 Å². The van der Waals surface area contributed by atoms with Crippen molar-refractivity contribution in [2.24, 2.45) is 0 Å². The number of aliphatic carboxylic acids is 1. The highest BCUT2D eigenvalue weighted by Crippen LogP contribution is 2.35. The summed E-state index contributed by atoms with van der Waals surface area (Å²) in [5, 5.41) is 7.79. The normalized spacial score (nSPS) is 14.5. The van der Waals surface area contributed by atoms with E-state index in [1.807, 2.05) is 0 Å². The first kappa shape index (κ1) is 11.9. The molecule has 0 radical (unpaired) electrons. The maximum absolute atomic E-state index is 12.2. The highest BCUT2D eigenvalue weighted by Gasteiger charge is 2.51. The fraction of sp³-hybridized carbons (Fsp3) is 0.500. The summed E-state index contributed by atoms with van der Waals surface area (Å²) in [5.74, 6) is -13.9. The number of hydrogen-bond acceptors (Lipinski definition) is 1. The van der Waals surface area contributed by atoms with Crippen molar-refractivity contribution in [3.8, 4) is 0 Å². The minimum absolute atomic E-state index is 0.140. The maximum Gasteiger partial charge on any atom is 0.364 e. The van der Waals surface area contributed by atoms with E-state index in [4.69, 9.17) is 5.11 Å². The molecule has 0 rings (SSSR count). The molecule has 0 aliphatic rings. The largest absolute Gasteiger partial charge is 0.476 e. The number of carboxylic acids is 1. The van der Waals surface area contributed by atoms with E-state index >= 15 is 0 Å². The summed E-state index contributed by atoms with van der Waals surface area (Å²) in [6.45, 7) is -0.140. The van der Waals surface area contributed by atoms with Crippen molar-refractivity contribution in [2.45, 2.75) is 18.8 Å². The Morgan fingerprint density at radius 2 is 1.69 bits per heavy atom. The number of carbonyl (C=O) groups is 1. The topological polar surface area (TPSA) is 37.3 Å². The average molecular weight is 204 g/mol. The van der Waals surface area contributed by atoms with Gasteiger partial charge in [0.25, 0.3) is 0 Å². The van der Waals surface area contributed by atoms with Crippen molar-refractivity contribution in [2.75, 3.05) is 0 Å². The predicted molar refractivity (Wildman–Crippen MR) is 32.4 cm³/mol. The summed E-state index contributed by atoms with van der Waals surface area (Å²) in [4.78, 5) is 9.68. The molecule has 13 heavy (non-hydrogen) atoms. The van der Waals surface area contributed by atoms with Crippen LogP contribution in [0.2, 0.25) is 0 Å². The van der Waals surface area contributed by atoms with Crippen LogP contribution < -0.4 is 0 Å². The van der Waals surface area contributed by atoms with E-state index in [0.717, 1.165) is 0 Å². The smallest absolute Gasteiger partial charge is 0.364 e. The second-order valence-electron chi connectivity index (χ2n) is 2.31. The van der Waals surface area contributed by atoms with Crippen LogP contribution in [0.15, 0.2) is 11.9 Å². The van der Waals surface area contributed by atoms with Gasteiger partial charge in [0, 0.05) is 13.0 Å². The Morgan fingerprint density at radius 1 is 1.31 bits per heavy atom. The van der Waals surface area contributed by atoms with Crippen LogP contribution >= 0.6 is 0 Å².